The molecule has 0 aromatic rings. The molecule has 4 unspecified atom stereocenters. The Labute approximate surface area is 181 Å². The van der Waals surface area contributed by atoms with E-state index in [2.05, 4.69) is 5.32 Å². The molecule has 12 heteroatoms. The van der Waals surface area contributed by atoms with Gasteiger partial charge in [-0.05, 0) is 20.8 Å². The maximum Gasteiger partial charge on any atom is 0.187 e. The summed E-state index contributed by atoms with van der Waals surface area (Å²) in [4.78, 5) is 0. The van der Waals surface area contributed by atoms with Crippen molar-refractivity contribution in [1.29, 1.82) is 0 Å². The molecular weight excluding hydrogens is 418 g/mol. The van der Waals surface area contributed by atoms with Gasteiger partial charge in [-0.2, -0.15) is 0 Å². The fourth-order valence-corrected chi connectivity index (χ4v) is 3.62. The van der Waals surface area contributed by atoms with Crippen molar-refractivity contribution < 1.29 is 54.7 Å². The summed E-state index contributed by atoms with van der Waals surface area (Å²) in [6.07, 6.45) is -12.4. The van der Waals surface area contributed by atoms with Crippen molar-refractivity contribution in [3.63, 3.8) is 0 Å². The molecule has 0 aromatic heterocycles. The molecule has 2 fully saturated rings. The fraction of sp³-hybridized carbons (Fsp3) is 1.00. The maximum atomic E-state index is 10.5. The minimum atomic E-state index is -1.61. The van der Waals surface area contributed by atoms with Crippen LogP contribution in [0.4, 0.5) is 0 Å². The summed E-state index contributed by atoms with van der Waals surface area (Å²) < 4.78 is 22.0. The van der Waals surface area contributed by atoms with Crippen LogP contribution in [0.2, 0.25) is 0 Å². The van der Waals surface area contributed by atoms with E-state index in [0.717, 1.165) is 0 Å². The minimum Gasteiger partial charge on any atom is -0.396 e. The normalized spacial score (nSPS) is 42.0. The zero-order valence-corrected chi connectivity index (χ0v) is 18.1. The molecule has 0 aliphatic carbocycles. The van der Waals surface area contributed by atoms with Gasteiger partial charge in [0.05, 0.1) is 38.6 Å². The number of nitrogens with one attached hydrogen (secondary N) is 1. The molecule has 0 amide bonds. The number of ether oxygens (including phenoxy) is 4. The highest BCUT2D eigenvalue weighted by Gasteiger charge is 2.50. The van der Waals surface area contributed by atoms with Crippen molar-refractivity contribution in [1.82, 2.24) is 5.32 Å². The first-order valence-electron chi connectivity index (χ1n) is 10.4. The molecular formula is C19H37NO11. The lowest BCUT2D eigenvalue weighted by Crippen LogP contribution is -2.64. The van der Waals surface area contributed by atoms with Gasteiger partial charge in [-0.15, -0.1) is 0 Å². The molecule has 0 aromatic carbocycles. The molecule has 12 nitrogen and oxygen atoms in total. The standard InChI is InChI=1S/C19H37NO11/c1-19(2,3)20-4-5-28-17-15(27)13(25)16(11(8-23)30-17)31-18-14(26)12(24)9(6-21)10(7-22)29-18/h9-18,20-27H,4-8H2,1-3H3/t9-,10?,11?,12-,13+,14?,15?,16+,17+,18-/m0/s1. The number of aliphatic hydroxyl groups is 7. The summed E-state index contributed by atoms with van der Waals surface area (Å²) in [6, 6.07) is 0. The van der Waals surface area contributed by atoms with Crippen LogP contribution >= 0.6 is 0 Å². The predicted molar refractivity (Wildman–Crippen MR) is 105 cm³/mol. The van der Waals surface area contributed by atoms with E-state index in [4.69, 9.17) is 18.9 Å². The van der Waals surface area contributed by atoms with Crippen LogP contribution in [0.3, 0.4) is 0 Å². The van der Waals surface area contributed by atoms with E-state index in [9.17, 15) is 35.7 Å². The highest BCUT2D eigenvalue weighted by molar-refractivity contribution is 4.94. The second-order valence-electron chi connectivity index (χ2n) is 8.91. The van der Waals surface area contributed by atoms with E-state index >= 15 is 0 Å². The van der Waals surface area contributed by atoms with E-state index in [0.29, 0.717) is 6.54 Å². The lowest BCUT2D eigenvalue weighted by atomic mass is 9.89. The van der Waals surface area contributed by atoms with Gasteiger partial charge in [0.1, 0.15) is 30.5 Å². The van der Waals surface area contributed by atoms with Crippen LogP contribution in [-0.4, -0.2) is 130 Å². The molecule has 0 radical (unpaired) electrons. The first-order chi connectivity index (χ1) is 14.5. The Morgan fingerprint density at radius 2 is 1.35 bits per heavy atom. The van der Waals surface area contributed by atoms with Gasteiger partial charge in [0, 0.05) is 18.0 Å². The number of aliphatic hydroxyl groups excluding tert-OH is 7. The van der Waals surface area contributed by atoms with Gasteiger partial charge < -0.3 is 60.0 Å². The average molecular weight is 456 g/mol. The number of hydrogen-bond donors (Lipinski definition) is 8. The first kappa shape index (κ1) is 26.8. The molecule has 0 saturated carbocycles. The SMILES string of the molecule is CC(C)(C)NCCO[C@@H]1OC(CO)[C@@H](O[C@@H]2OC(CO)[C@H](CO)[C@H](O)C2O)[C@H](O)C1O. The fourth-order valence-electron chi connectivity index (χ4n) is 3.62. The van der Waals surface area contributed by atoms with Crippen molar-refractivity contribution in [2.45, 2.75) is 81.6 Å². The highest BCUT2D eigenvalue weighted by Crippen LogP contribution is 2.31. The van der Waals surface area contributed by atoms with Crippen molar-refractivity contribution >= 4 is 0 Å². The van der Waals surface area contributed by atoms with Gasteiger partial charge in [0.25, 0.3) is 0 Å². The van der Waals surface area contributed by atoms with Crippen molar-refractivity contribution in [2.75, 3.05) is 33.0 Å². The lowest BCUT2D eigenvalue weighted by Gasteiger charge is -2.46. The Morgan fingerprint density at radius 3 is 1.90 bits per heavy atom. The summed E-state index contributed by atoms with van der Waals surface area (Å²) >= 11 is 0. The van der Waals surface area contributed by atoms with Gasteiger partial charge in [0.15, 0.2) is 12.6 Å². The first-order valence-corrected chi connectivity index (χ1v) is 10.4. The molecule has 184 valence electrons. The van der Waals surface area contributed by atoms with Crippen LogP contribution in [0.5, 0.6) is 0 Å². The molecule has 10 atom stereocenters. The van der Waals surface area contributed by atoms with E-state index in [1.54, 1.807) is 0 Å². The summed E-state index contributed by atoms with van der Waals surface area (Å²) in [5, 5.41) is 73.1. The van der Waals surface area contributed by atoms with Crippen LogP contribution in [0, 0.1) is 5.92 Å². The lowest BCUT2D eigenvalue weighted by molar-refractivity contribution is -0.357. The third-order valence-corrected chi connectivity index (χ3v) is 5.40. The third kappa shape index (κ3) is 6.76. The summed E-state index contributed by atoms with van der Waals surface area (Å²) in [6.45, 7) is 4.90. The largest absolute Gasteiger partial charge is 0.396 e. The Bertz CT molecular complexity index is 529. The van der Waals surface area contributed by atoms with Crippen molar-refractivity contribution in [2.24, 2.45) is 5.92 Å². The maximum absolute atomic E-state index is 10.5. The second kappa shape index (κ2) is 11.6. The molecule has 2 heterocycles. The number of hydrogen-bond acceptors (Lipinski definition) is 12. The second-order valence-corrected chi connectivity index (χ2v) is 8.91. The third-order valence-electron chi connectivity index (χ3n) is 5.40. The quantitative estimate of drug-likeness (QED) is 0.159. The van der Waals surface area contributed by atoms with Crippen LogP contribution in [0.1, 0.15) is 20.8 Å². The topological polar surface area (TPSA) is 191 Å². The Hall–Kier alpha value is -0.480. The van der Waals surface area contributed by atoms with Crippen molar-refractivity contribution in [3.05, 3.63) is 0 Å². The summed E-state index contributed by atoms with van der Waals surface area (Å²) in [5.41, 5.74) is -0.131. The predicted octanol–water partition coefficient (Wildman–Crippen LogP) is -3.74. The monoisotopic (exact) mass is 455 g/mol. The highest BCUT2D eigenvalue weighted by atomic mass is 16.7. The van der Waals surface area contributed by atoms with E-state index in [1.807, 2.05) is 20.8 Å². The molecule has 0 bridgehead atoms. The number of rotatable bonds is 9. The Balaban J connectivity index is 2.00. The van der Waals surface area contributed by atoms with Gasteiger partial charge in [0.2, 0.25) is 0 Å². The minimum absolute atomic E-state index is 0.131. The van der Waals surface area contributed by atoms with Gasteiger partial charge in [-0.1, -0.05) is 0 Å². The van der Waals surface area contributed by atoms with Gasteiger partial charge in [-0.3, -0.25) is 0 Å². The van der Waals surface area contributed by atoms with Crippen LogP contribution in [-0.2, 0) is 18.9 Å². The zero-order chi connectivity index (χ0) is 23.3. The zero-order valence-electron chi connectivity index (χ0n) is 18.1. The van der Waals surface area contributed by atoms with Crippen LogP contribution in [0.15, 0.2) is 0 Å². The molecule has 2 saturated heterocycles. The summed E-state index contributed by atoms with van der Waals surface area (Å²) in [7, 11) is 0. The molecule has 8 N–H and O–H groups in total. The smallest absolute Gasteiger partial charge is 0.187 e. The van der Waals surface area contributed by atoms with E-state index in [1.165, 1.54) is 0 Å². The Morgan fingerprint density at radius 1 is 0.774 bits per heavy atom. The molecule has 0 spiro atoms. The van der Waals surface area contributed by atoms with Crippen LogP contribution < -0.4 is 5.32 Å². The van der Waals surface area contributed by atoms with Crippen molar-refractivity contribution in [3.8, 4) is 0 Å². The van der Waals surface area contributed by atoms with Gasteiger partial charge in [-0.25, -0.2) is 0 Å². The molecule has 2 aliphatic heterocycles. The van der Waals surface area contributed by atoms with E-state index in [-0.39, 0.29) is 12.1 Å². The summed E-state index contributed by atoms with van der Waals surface area (Å²) in [5.74, 6) is -0.939. The average Bonchev–Trinajstić information content (AvgIpc) is 2.72. The molecule has 2 rings (SSSR count). The molecule has 31 heavy (non-hydrogen) atoms. The molecule has 2 aliphatic rings. The van der Waals surface area contributed by atoms with Crippen LogP contribution in [0.25, 0.3) is 0 Å². The Kier molecular flexibility index (Phi) is 10.0. The van der Waals surface area contributed by atoms with Gasteiger partial charge >= 0.3 is 0 Å². The van der Waals surface area contributed by atoms with E-state index < -0.39 is 81.0 Å².